The molecule has 0 aromatic heterocycles. The molecule has 0 heterocycles. The fraction of sp³-hybridized carbons (Fsp3) is 0. The highest BCUT2D eigenvalue weighted by Crippen LogP contribution is 2.73. The maximum absolute atomic E-state index is 17.2. The van der Waals surface area contributed by atoms with Crippen LogP contribution in [-0.4, -0.2) is 0 Å². The smallest absolute Gasteiger partial charge is 0.182 e. The van der Waals surface area contributed by atoms with Gasteiger partial charge in [-0.25, -0.2) is 0 Å². The van der Waals surface area contributed by atoms with Crippen LogP contribution >= 0.6 is 28.6 Å². The highest BCUT2D eigenvalue weighted by molar-refractivity contribution is 8.01. The van der Waals surface area contributed by atoms with Gasteiger partial charge in [-0.15, -0.1) is 0 Å². The second kappa shape index (κ2) is 17.2. The lowest BCUT2D eigenvalue weighted by atomic mass is 10.4. The summed E-state index contributed by atoms with van der Waals surface area (Å²) in [6.07, 6.45) is 0. The quantitative estimate of drug-likeness (QED) is 0.0908. The van der Waals surface area contributed by atoms with Crippen LogP contribution in [0.1, 0.15) is 0 Å². The van der Waals surface area contributed by atoms with Gasteiger partial charge in [0.1, 0.15) is 10.1 Å². The second-order valence-corrected chi connectivity index (χ2v) is 25.4. The summed E-state index contributed by atoms with van der Waals surface area (Å²) >= 11 is 0. The zero-order valence-corrected chi connectivity index (χ0v) is 35.6. The second-order valence-electron chi connectivity index (χ2n) is 13.9. The van der Waals surface area contributed by atoms with Gasteiger partial charge in [-0.1, -0.05) is 248 Å². The van der Waals surface area contributed by atoms with E-state index in [1.165, 1.54) is 0 Å². The van der Waals surface area contributed by atoms with Gasteiger partial charge in [-0.2, -0.15) is 0 Å². The third kappa shape index (κ3) is 7.30. The third-order valence-corrected chi connectivity index (χ3v) is 24.8. The molecule has 0 bridgehead atoms. The Bertz CT molecular complexity index is 2370. The van der Waals surface area contributed by atoms with Crippen molar-refractivity contribution in [3.8, 4) is 0 Å². The van der Waals surface area contributed by atoms with Crippen LogP contribution < -0.4 is 42.4 Å². The largest absolute Gasteiger partial charge is 0.308 e. The van der Waals surface area contributed by atoms with E-state index >= 15 is 18.3 Å². The molecule has 8 rings (SSSR count). The Morgan fingerprint density at radius 3 is 0.458 bits per heavy atom. The first-order valence-corrected chi connectivity index (χ1v) is 26.0. The minimum atomic E-state index is -4.27. The van der Waals surface area contributed by atoms with Gasteiger partial charge in [-0.3, -0.25) is 0 Å². The summed E-state index contributed by atoms with van der Waals surface area (Å²) in [5, 5.41) is 3.10. The Kier molecular flexibility index (Phi) is 11.7. The lowest BCUT2D eigenvalue weighted by Crippen LogP contribution is -2.25. The van der Waals surface area contributed by atoms with Crippen molar-refractivity contribution in [2.45, 2.75) is 0 Å². The van der Waals surface area contributed by atoms with Crippen molar-refractivity contribution in [1.29, 1.82) is 0 Å². The van der Waals surface area contributed by atoms with E-state index in [1.807, 2.05) is 48.5 Å². The van der Waals surface area contributed by atoms with Crippen LogP contribution in [0.2, 0.25) is 0 Å². The average molecular weight is 841 g/mol. The summed E-state index contributed by atoms with van der Waals surface area (Å²) in [5.74, 6) is 0. The minimum absolute atomic E-state index is 0.0750. The Labute approximate surface area is 346 Å². The topological polar surface area (TPSA) is 68.3 Å². The molecule has 4 nitrogen and oxygen atoms in total. The molecule has 59 heavy (non-hydrogen) atoms. The van der Waals surface area contributed by atoms with Gasteiger partial charge in [-0.05, 0) is 0 Å². The summed E-state index contributed by atoms with van der Waals surface area (Å²) in [6.45, 7) is 0. The molecule has 288 valence electrons. The fourth-order valence-corrected chi connectivity index (χ4v) is 22.7. The highest BCUT2D eigenvalue weighted by Gasteiger charge is 2.49. The predicted molar refractivity (Wildman–Crippen MR) is 250 cm³/mol. The van der Waals surface area contributed by atoms with Gasteiger partial charge >= 0.3 is 0 Å². The third-order valence-electron chi connectivity index (χ3n) is 10.4. The summed E-state index contributed by atoms with van der Waals surface area (Å²) in [4.78, 5) is 0. The molecule has 8 aromatic carbocycles. The molecule has 0 unspecified atom stereocenters. The molecular weight excluding hydrogens is 800 g/mol. The number of benzene rings is 8. The maximum atomic E-state index is 17.2. The Balaban J connectivity index is 1.73. The lowest BCUT2D eigenvalue weighted by Gasteiger charge is -2.31. The normalized spacial score (nSPS) is 11.9. The van der Waals surface area contributed by atoms with Gasteiger partial charge in [0, 0.05) is 42.4 Å². The molecule has 0 saturated carbocycles. The van der Waals surface area contributed by atoms with E-state index in [1.54, 1.807) is 194 Å². The standard InChI is InChI=1S/C51H40O4P4/c52-56(42-25-9-1-10-26-42,43-27-11-2-12-28-43)50(57(53,44-29-13-3-14-30-44)45-31-15-4-16-32-45)41-51(58(54,46-33-17-5-18-34-46)47-35-19-6-20-36-47)59(55,48-37-21-7-22-38-48)49-39-23-8-24-40-49/h1-40H. The molecule has 0 aliphatic heterocycles. The first kappa shape index (κ1) is 40.0. The zero-order valence-electron chi connectivity index (χ0n) is 32.0. The summed E-state index contributed by atoms with van der Waals surface area (Å²) in [7, 11) is -17.1. The van der Waals surface area contributed by atoms with E-state index < -0.39 is 28.6 Å². The van der Waals surface area contributed by atoms with E-state index in [0.717, 1.165) is 0 Å². The van der Waals surface area contributed by atoms with E-state index in [9.17, 15) is 0 Å². The van der Waals surface area contributed by atoms with Crippen molar-refractivity contribution < 1.29 is 18.3 Å². The monoisotopic (exact) mass is 840 g/mol. The number of rotatable bonds is 12. The number of hydrogen-bond acceptors (Lipinski definition) is 4. The predicted octanol–water partition coefficient (Wildman–Crippen LogP) is 10.3. The van der Waals surface area contributed by atoms with Gasteiger partial charge in [0.2, 0.25) is 0 Å². The van der Waals surface area contributed by atoms with E-state index in [-0.39, 0.29) is 10.1 Å². The van der Waals surface area contributed by atoms with Gasteiger partial charge in [0.05, 0.1) is 0 Å². The Morgan fingerprint density at radius 1 is 0.220 bits per heavy atom. The molecule has 0 amide bonds. The molecule has 0 atom stereocenters. The van der Waals surface area contributed by atoms with Crippen LogP contribution in [0.25, 0.3) is 0 Å². The van der Waals surface area contributed by atoms with Crippen molar-refractivity contribution >= 4 is 71.0 Å². The van der Waals surface area contributed by atoms with Gasteiger partial charge < -0.3 is 18.3 Å². The molecule has 0 saturated heterocycles. The van der Waals surface area contributed by atoms with Crippen LogP contribution in [0.3, 0.4) is 0 Å². The Hall–Kier alpha value is -5.80. The van der Waals surface area contributed by atoms with Crippen molar-refractivity contribution in [2.24, 2.45) is 0 Å². The SMILES string of the molecule is O=P(C(=C=C(P(=O)(c1ccccc1)c1ccccc1)P(=O)(c1ccccc1)c1ccccc1)P(=O)(c1ccccc1)c1ccccc1)(c1ccccc1)c1ccccc1. The lowest BCUT2D eigenvalue weighted by molar-refractivity contribution is 0.585. The highest BCUT2D eigenvalue weighted by atomic mass is 31.2. The van der Waals surface area contributed by atoms with Crippen LogP contribution in [0.5, 0.6) is 0 Å². The van der Waals surface area contributed by atoms with Crippen molar-refractivity contribution in [3.05, 3.63) is 258 Å². The van der Waals surface area contributed by atoms with E-state index in [4.69, 9.17) is 0 Å². The molecule has 0 radical (unpaired) electrons. The Morgan fingerprint density at radius 2 is 0.339 bits per heavy atom. The van der Waals surface area contributed by atoms with Crippen LogP contribution in [0.4, 0.5) is 0 Å². The number of hydrogen-bond donors (Lipinski definition) is 0. The van der Waals surface area contributed by atoms with E-state index in [2.05, 4.69) is 5.73 Å². The molecule has 0 spiro atoms. The first-order valence-electron chi connectivity index (χ1n) is 19.2. The van der Waals surface area contributed by atoms with Crippen LogP contribution in [-0.2, 0) is 18.3 Å². The molecule has 8 heteroatoms. The van der Waals surface area contributed by atoms with Gasteiger partial charge in [0.15, 0.2) is 28.6 Å². The molecule has 0 N–H and O–H groups in total. The van der Waals surface area contributed by atoms with Crippen LogP contribution in [0.15, 0.2) is 258 Å². The van der Waals surface area contributed by atoms with Crippen LogP contribution in [0, 0.1) is 0 Å². The minimum Gasteiger partial charge on any atom is -0.308 e. The molecule has 8 aromatic rings. The van der Waals surface area contributed by atoms with E-state index in [0.29, 0.717) is 42.4 Å². The molecule has 0 fully saturated rings. The molecule has 0 aliphatic rings. The average Bonchev–Trinajstić information content (AvgIpc) is 3.33. The van der Waals surface area contributed by atoms with Crippen molar-refractivity contribution in [3.63, 3.8) is 0 Å². The molecule has 0 aliphatic carbocycles. The van der Waals surface area contributed by atoms with Gasteiger partial charge in [0.25, 0.3) is 0 Å². The summed E-state index contributed by atoms with van der Waals surface area (Å²) in [5.41, 5.74) is 3.59. The maximum Gasteiger partial charge on any atom is 0.182 e. The van der Waals surface area contributed by atoms with Crippen molar-refractivity contribution in [1.82, 2.24) is 0 Å². The summed E-state index contributed by atoms with van der Waals surface area (Å²) < 4.78 is 68.7. The van der Waals surface area contributed by atoms with Crippen molar-refractivity contribution in [2.75, 3.05) is 0 Å². The molecular formula is C51H40O4P4. The zero-order chi connectivity index (χ0) is 40.8. The first-order chi connectivity index (χ1) is 28.8. The fourth-order valence-electron chi connectivity index (χ4n) is 7.49. The summed E-state index contributed by atoms with van der Waals surface area (Å²) in [6, 6.07) is 72.0.